The SMILES string of the molecule is CCOC(CN=Cc1ccc(Cl)c(Cl)c1)OCC. The average molecular weight is 290 g/mol. The monoisotopic (exact) mass is 289 g/mol. The van der Waals surface area contributed by atoms with Gasteiger partial charge in [-0.2, -0.15) is 0 Å². The molecule has 3 nitrogen and oxygen atoms in total. The van der Waals surface area contributed by atoms with Crippen molar-refractivity contribution in [2.24, 2.45) is 4.99 Å². The fourth-order valence-corrected chi connectivity index (χ4v) is 1.67. The van der Waals surface area contributed by atoms with Crippen LogP contribution in [0.3, 0.4) is 0 Å². The van der Waals surface area contributed by atoms with Crippen molar-refractivity contribution in [2.75, 3.05) is 19.8 Å². The Hall–Kier alpha value is -0.610. The minimum absolute atomic E-state index is 0.293. The summed E-state index contributed by atoms with van der Waals surface area (Å²) in [6.45, 7) is 5.52. The molecule has 18 heavy (non-hydrogen) atoms. The van der Waals surface area contributed by atoms with Crippen molar-refractivity contribution < 1.29 is 9.47 Å². The van der Waals surface area contributed by atoms with Gasteiger partial charge in [-0.05, 0) is 31.5 Å². The van der Waals surface area contributed by atoms with E-state index in [1.807, 2.05) is 19.9 Å². The van der Waals surface area contributed by atoms with Crippen LogP contribution in [0.25, 0.3) is 0 Å². The number of benzene rings is 1. The maximum Gasteiger partial charge on any atom is 0.176 e. The van der Waals surface area contributed by atoms with Gasteiger partial charge in [0.2, 0.25) is 0 Å². The molecule has 0 saturated carbocycles. The molecule has 0 amide bonds. The van der Waals surface area contributed by atoms with E-state index in [-0.39, 0.29) is 6.29 Å². The molecule has 0 atom stereocenters. The quantitative estimate of drug-likeness (QED) is 0.564. The van der Waals surface area contributed by atoms with Crippen LogP contribution in [0.5, 0.6) is 0 Å². The van der Waals surface area contributed by atoms with Gasteiger partial charge in [-0.1, -0.05) is 29.3 Å². The lowest BCUT2D eigenvalue weighted by molar-refractivity contribution is -0.128. The predicted molar refractivity (Wildman–Crippen MR) is 76.0 cm³/mol. The molecule has 1 aromatic carbocycles. The number of rotatable bonds is 7. The van der Waals surface area contributed by atoms with E-state index in [0.717, 1.165) is 5.56 Å². The average Bonchev–Trinajstić information content (AvgIpc) is 2.34. The molecular formula is C13H17Cl2NO2. The lowest BCUT2D eigenvalue weighted by atomic mass is 10.2. The third-order valence-electron chi connectivity index (χ3n) is 2.14. The second-order valence-corrected chi connectivity index (χ2v) is 4.32. The Morgan fingerprint density at radius 1 is 1.17 bits per heavy atom. The normalized spacial score (nSPS) is 11.6. The van der Waals surface area contributed by atoms with Gasteiger partial charge in [-0.25, -0.2) is 0 Å². The van der Waals surface area contributed by atoms with Crippen LogP contribution in [0.2, 0.25) is 10.0 Å². The third kappa shape index (κ3) is 5.36. The third-order valence-corrected chi connectivity index (χ3v) is 2.88. The number of ether oxygens (including phenoxy) is 2. The first-order valence-corrected chi connectivity index (χ1v) is 6.61. The Morgan fingerprint density at radius 2 is 1.83 bits per heavy atom. The van der Waals surface area contributed by atoms with Crippen molar-refractivity contribution in [3.05, 3.63) is 33.8 Å². The largest absolute Gasteiger partial charge is 0.351 e. The highest BCUT2D eigenvalue weighted by Crippen LogP contribution is 2.21. The Bertz CT molecular complexity index is 391. The molecule has 0 aliphatic rings. The second-order valence-electron chi connectivity index (χ2n) is 3.51. The molecule has 0 bridgehead atoms. The Balaban J connectivity index is 2.54. The summed E-state index contributed by atoms with van der Waals surface area (Å²) < 4.78 is 10.8. The van der Waals surface area contributed by atoms with Gasteiger partial charge in [0.1, 0.15) is 0 Å². The molecule has 0 N–H and O–H groups in total. The van der Waals surface area contributed by atoms with Gasteiger partial charge in [0.05, 0.1) is 16.6 Å². The standard InChI is InChI=1S/C13H17Cl2NO2/c1-3-17-13(18-4-2)9-16-8-10-5-6-11(14)12(15)7-10/h5-8,13H,3-4,9H2,1-2H3. The molecule has 0 radical (unpaired) electrons. The van der Waals surface area contributed by atoms with Crippen LogP contribution in [-0.2, 0) is 9.47 Å². The van der Waals surface area contributed by atoms with E-state index in [0.29, 0.717) is 29.8 Å². The first-order chi connectivity index (χ1) is 8.67. The minimum atomic E-state index is -0.293. The summed E-state index contributed by atoms with van der Waals surface area (Å²) in [7, 11) is 0. The van der Waals surface area contributed by atoms with Gasteiger partial charge in [-0.15, -0.1) is 0 Å². The van der Waals surface area contributed by atoms with Gasteiger partial charge in [0, 0.05) is 19.4 Å². The van der Waals surface area contributed by atoms with E-state index in [1.165, 1.54) is 0 Å². The predicted octanol–water partition coefficient (Wildman–Crippen LogP) is 3.81. The number of nitrogens with zero attached hydrogens (tertiary/aromatic N) is 1. The number of halogens is 2. The van der Waals surface area contributed by atoms with Crippen LogP contribution in [0.1, 0.15) is 19.4 Å². The van der Waals surface area contributed by atoms with E-state index >= 15 is 0 Å². The fraction of sp³-hybridized carbons (Fsp3) is 0.462. The molecule has 0 spiro atoms. The molecule has 1 rings (SSSR count). The number of aliphatic imine (C=N–C) groups is 1. The molecule has 0 aromatic heterocycles. The van der Waals surface area contributed by atoms with Crippen LogP contribution in [0.4, 0.5) is 0 Å². The summed E-state index contributed by atoms with van der Waals surface area (Å²) in [6.07, 6.45) is 1.44. The molecule has 0 heterocycles. The van der Waals surface area contributed by atoms with Crippen molar-refractivity contribution in [3.8, 4) is 0 Å². The van der Waals surface area contributed by atoms with E-state index in [2.05, 4.69) is 4.99 Å². The lowest BCUT2D eigenvalue weighted by Gasteiger charge is -2.14. The van der Waals surface area contributed by atoms with Crippen LogP contribution >= 0.6 is 23.2 Å². The molecule has 0 unspecified atom stereocenters. The molecule has 0 saturated heterocycles. The van der Waals surface area contributed by atoms with Crippen molar-refractivity contribution >= 4 is 29.4 Å². The highest BCUT2D eigenvalue weighted by Gasteiger charge is 2.05. The van der Waals surface area contributed by atoms with Gasteiger partial charge in [-0.3, -0.25) is 4.99 Å². The van der Waals surface area contributed by atoms with Crippen LogP contribution in [-0.4, -0.2) is 32.3 Å². The van der Waals surface area contributed by atoms with Crippen LogP contribution < -0.4 is 0 Å². The second kappa shape index (κ2) is 8.48. The first-order valence-electron chi connectivity index (χ1n) is 5.85. The van der Waals surface area contributed by atoms with Crippen molar-refractivity contribution in [1.82, 2.24) is 0 Å². The maximum absolute atomic E-state index is 5.91. The van der Waals surface area contributed by atoms with E-state index in [9.17, 15) is 0 Å². The van der Waals surface area contributed by atoms with Gasteiger partial charge < -0.3 is 9.47 Å². The van der Waals surface area contributed by atoms with Crippen molar-refractivity contribution in [3.63, 3.8) is 0 Å². The Morgan fingerprint density at radius 3 is 2.39 bits per heavy atom. The Kier molecular flexibility index (Phi) is 7.28. The summed E-state index contributed by atoms with van der Waals surface area (Å²) in [5, 5.41) is 1.06. The zero-order valence-electron chi connectivity index (χ0n) is 10.5. The minimum Gasteiger partial charge on any atom is -0.351 e. The highest BCUT2D eigenvalue weighted by atomic mass is 35.5. The van der Waals surface area contributed by atoms with Gasteiger partial charge in [0.25, 0.3) is 0 Å². The molecule has 1 aromatic rings. The van der Waals surface area contributed by atoms with Crippen molar-refractivity contribution in [2.45, 2.75) is 20.1 Å². The topological polar surface area (TPSA) is 30.8 Å². The maximum atomic E-state index is 5.91. The van der Waals surface area contributed by atoms with Crippen LogP contribution in [0, 0.1) is 0 Å². The van der Waals surface area contributed by atoms with E-state index in [4.69, 9.17) is 32.7 Å². The summed E-state index contributed by atoms with van der Waals surface area (Å²) in [5.41, 5.74) is 0.899. The molecule has 5 heteroatoms. The summed E-state index contributed by atoms with van der Waals surface area (Å²) in [6, 6.07) is 5.37. The van der Waals surface area contributed by atoms with Crippen molar-refractivity contribution in [1.29, 1.82) is 0 Å². The zero-order chi connectivity index (χ0) is 13.4. The molecule has 0 aliphatic heterocycles. The molecule has 0 fully saturated rings. The summed E-state index contributed by atoms with van der Waals surface area (Å²) in [4.78, 5) is 4.27. The number of hydrogen-bond donors (Lipinski definition) is 0. The zero-order valence-corrected chi connectivity index (χ0v) is 12.0. The number of hydrogen-bond acceptors (Lipinski definition) is 3. The smallest absolute Gasteiger partial charge is 0.176 e. The molecule has 0 aliphatic carbocycles. The van der Waals surface area contributed by atoms with E-state index < -0.39 is 0 Å². The van der Waals surface area contributed by atoms with Crippen LogP contribution in [0.15, 0.2) is 23.2 Å². The van der Waals surface area contributed by atoms with E-state index in [1.54, 1.807) is 18.3 Å². The summed E-state index contributed by atoms with van der Waals surface area (Å²) in [5.74, 6) is 0. The Labute approximate surface area is 118 Å². The fourth-order valence-electron chi connectivity index (χ4n) is 1.36. The lowest BCUT2D eigenvalue weighted by Crippen LogP contribution is -2.20. The first kappa shape index (κ1) is 15.4. The molecular weight excluding hydrogens is 273 g/mol. The van der Waals surface area contributed by atoms with Gasteiger partial charge in [0.15, 0.2) is 6.29 Å². The summed E-state index contributed by atoms with van der Waals surface area (Å²) >= 11 is 11.7. The van der Waals surface area contributed by atoms with Gasteiger partial charge >= 0.3 is 0 Å². The molecule has 100 valence electrons. The highest BCUT2D eigenvalue weighted by molar-refractivity contribution is 6.42.